The van der Waals surface area contributed by atoms with Crippen LogP contribution in [0.5, 0.6) is 5.75 Å². The molecule has 0 saturated carbocycles. The number of rotatable bonds is 6. The van der Waals surface area contributed by atoms with Gasteiger partial charge in [-0.3, -0.25) is 4.79 Å². The van der Waals surface area contributed by atoms with Crippen LogP contribution in [0.4, 0.5) is 10.1 Å². The molecule has 0 aliphatic carbocycles. The van der Waals surface area contributed by atoms with E-state index in [2.05, 4.69) is 15.4 Å². The van der Waals surface area contributed by atoms with E-state index in [1.54, 1.807) is 30.3 Å². The van der Waals surface area contributed by atoms with Crippen molar-refractivity contribution >= 4 is 23.2 Å². The zero-order valence-electron chi connectivity index (χ0n) is 13.9. The molecule has 1 aromatic heterocycles. The molecule has 0 saturated heterocycles. The second kappa shape index (κ2) is 7.97. The second-order valence-corrected chi connectivity index (χ2v) is 5.90. The summed E-state index contributed by atoms with van der Waals surface area (Å²) in [7, 11) is 1.41. The first kappa shape index (κ1) is 17.9. The van der Waals surface area contributed by atoms with Gasteiger partial charge in [-0.15, -0.1) is 0 Å². The molecule has 3 rings (SSSR count). The lowest BCUT2D eigenvalue weighted by atomic mass is 10.1. The molecule has 0 radical (unpaired) electrons. The Kier molecular flexibility index (Phi) is 5.48. The Balaban J connectivity index is 1.69. The standard InChI is InChI=1S/C18H16ClFN4O2/c1-26-16-7-5-12(9-14(16)20)6-8-17(25)23-15-4-2-3-13(19)18(15)24-11-21-10-22-24/h2-5,7,9-11H,6,8H2,1H3,(H,23,25). The van der Waals surface area contributed by atoms with Gasteiger partial charge in [0.2, 0.25) is 5.91 Å². The van der Waals surface area contributed by atoms with Gasteiger partial charge in [0.05, 0.1) is 17.8 Å². The van der Waals surface area contributed by atoms with E-state index in [1.165, 1.54) is 30.5 Å². The summed E-state index contributed by atoms with van der Waals surface area (Å²) in [5.74, 6) is -0.492. The maximum atomic E-state index is 13.7. The molecule has 0 fully saturated rings. The van der Waals surface area contributed by atoms with Crippen LogP contribution in [0.1, 0.15) is 12.0 Å². The van der Waals surface area contributed by atoms with Gasteiger partial charge in [-0.2, -0.15) is 5.10 Å². The maximum Gasteiger partial charge on any atom is 0.224 e. The zero-order chi connectivity index (χ0) is 18.5. The number of methoxy groups -OCH3 is 1. The topological polar surface area (TPSA) is 69.0 Å². The SMILES string of the molecule is COc1ccc(CCC(=O)Nc2cccc(Cl)c2-n2cncn2)cc1F. The summed E-state index contributed by atoms with van der Waals surface area (Å²) in [6.07, 6.45) is 3.46. The van der Waals surface area contributed by atoms with E-state index >= 15 is 0 Å². The van der Waals surface area contributed by atoms with E-state index in [4.69, 9.17) is 16.3 Å². The Morgan fingerprint density at radius 1 is 1.35 bits per heavy atom. The molecule has 0 aliphatic heterocycles. The lowest BCUT2D eigenvalue weighted by molar-refractivity contribution is -0.116. The highest BCUT2D eigenvalue weighted by Crippen LogP contribution is 2.28. The van der Waals surface area contributed by atoms with Crippen LogP contribution in [0.3, 0.4) is 0 Å². The molecule has 8 heteroatoms. The van der Waals surface area contributed by atoms with Gasteiger partial charge in [-0.25, -0.2) is 14.1 Å². The Hall–Kier alpha value is -2.93. The molecule has 6 nitrogen and oxygen atoms in total. The van der Waals surface area contributed by atoms with Crippen molar-refractivity contribution in [1.29, 1.82) is 0 Å². The summed E-state index contributed by atoms with van der Waals surface area (Å²) in [6.45, 7) is 0. The number of hydrogen-bond donors (Lipinski definition) is 1. The number of carbonyl (C=O) groups is 1. The molecular formula is C18H16ClFN4O2. The Morgan fingerprint density at radius 2 is 2.19 bits per heavy atom. The van der Waals surface area contributed by atoms with E-state index in [0.717, 1.165) is 0 Å². The third-order valence-corrected chi connectivity index (χ3v) is 4.07. The summed E-state index contributed by atoms with van der Waals surface area (Å²) in [5.41, 5.74) is 1.77. The first-order valence-corrected chi connectivity index (χ1v) is 8.22. The number of carbonyl (C=O) groups excluding carboxylic acids is 1. The molecular weight excluding hydrogens is 359 g/mol. The van der Waals surface area contributed by atoms with Crippen LogP contribution >= 0.6 is 11.6 Å². The van der Waals surface area contributed by atoms with Crippen LogP contribution in [0.15, 0.2) is 49.1 Å². The third kappa shape index (κ3) is 4.00. The van der Waals surface area contributed by atoms with Crippen molar-refractivity contribution in [3.05, 3.63) is 65.5 Å². The molecule has 1 N–H and O–H groups in total. The number of anilines is 1. The number of hydrogen-bond acceptors (Lipinski definition) is 4. The Labute approximate surface area is 154 Å². The van der Waals surface area contributed by atoms with Crippen molar-refractivity contribution in [2.75, 3.05) is 12.4 Å². The predicted molar refractivity (Wildman–Crippen MR) is 96.3 cm³/mol. The van der Waals surface area contributed by atoms with Crippen LogP contribution in [0, 0.1) is 5.82 Å². The van der Waals surface area contributed by atoms with E-state index in [9.17, 15) is 9.18 Å². The van der Waals surface area contributed by atoms with E-state index in [1.807, 2.05) is 0 Å². The molecule has 1 amide bonds. The highest BCUT2D eigenvalue weighted by Gasteiger charge is 2.13. The number of nitrogens with one attached hydrogen (secondary N) is 1. The largest absolute Gasteiger partial charge is 0.494 e. The van der Waals surface area contributed by atoms with Crippen LogP contribution in [0.25, 0.3) is 5.69 Å². The van der Waals surface area contributed by atoms with Crippen molar-refractivity contribution in [3.63, 3.8) is 0 Å². The van der Waals surface area contributed by atoms with Crippen molar-refractivity contribution in [3.8, 4) is 11.4 Å². The number of halogens is 2. The van der Waals surface area contributed by atoms with Crippen LogP contribution in [-0.4, -0.2) is 27.8 Å². The zero-order valence-corrected chi connectivity index (χ0v) is 14.7. The average molecular weight is 375 g/mol. The fourth-order valence-electron chi connectivity index (χ4n) is 2.51. The van der Waals surface area contributed by atoms with Gasteiger partial charge >= 0.3 is 0 Å². The van der Waals surface area contributed by atoms with Gasteiger partial charge in [0.25, 0.3) is 0 Å². The van der Waals surface area contributed by atoms with Gasteiger partial charge in [0.15, 0.2) is 11.6 Å². The maximum absolute atomic E-state index is 13.7. The van der Waals surface area contributed by atoms with Crippen LogP contribution in [0.2, 0.25) is 5.02 Å². The molecule has 0 spiro atoms. The highest BCUT2D eigenvalue weighted by molar-refractivity contribution is 6.33. The minimum absolute atomic E-state index is 0.176. The molecule has 1 heterocycles. The number of aryl methyl sites for hydroxylation is 1. The molecule has 0 atom stereocenters. The Morgan fingerprint density at radius 3 is 2.88 bits per heavy atom. The average Bonchev–Trinajstić information content (AvgIpc) is 3.14. The van der Waals surface area contributed by atoms with Crippen molar-refractivity contribution in [2.24, 2.45) is 0 Å². The number of nitrogens with zero attached hydrogens (tertiary/aromatic N) is 3. The molecule has 2 aromatic carbocycles. The van der Waals surface area contributed by atoms with Gasteiger partial charge in [0, 0.05) is 6.42 Å². The predicted octanol–water partition coefficient (Wildman–Crippen LogP) is 3.64. The minimum atomic E-state index is -0.450. The smallest absolute Gasteiger partial charge is 0.224 e. The fraction of sp³-hybridized carbons (Fsp3) is 0.167. The summed E-state index contributed by atoms with van der Waals surface area (Å²) in [4.78, 5) is 16.2. The quantitative estimate of drug-likeness (QED) is 0.715. The molecule has 134 valence electrons. The van der Waals surface area contributed by atoms with E-state index in [-0.39, 0.29) is 18.1 Å². The van der Waals surface area contributed by atoms with E-state index < -0.39 is 5.82 Å². The Bertz CT molecular complexity index is 916. The van der Waals surface area contributed by atoms with Gasteiger partial charge < -0.3 is 10.1 Å². The van der Waals surface area contributed by atoms with Crippen molar-refractivity contribution < 1.29 is 13.9 Å². The van der Waals surface area contributed by atoms with Crippen molar-refractivity contribution in [2.45, 2.75) is 12.8 Å². The van der Waals surface area contributed by atoms with Crippen molar-refractivity contribution in [1.82, 2.24) is 14.8 Å². The number of benzene rings is 2. The fourth-order valence-corrected chi connectivity index (χ4v) is 2.77. The summed E-state index contributed by atoms with van der Waals surface area (Å²) < 4.78 is 20.1. The normalized spacial score (nSPS) is 10.6. The van der Waals surface area contributed by atoms with Crippen LogP contribution in [-0.2, 0) is 11.2 Å². The van der Waals surface area contributed by atoms with Gasteiger partial charge in [-0.05, 0) is 36.2 Å². The molecule has 26 heavy (non-hydrogen) atoms. The number of para-hydroxylation sites is 1. The lowest BCUT2D eigenvalue weighted by Crippen LogP contribution is -2.14. The van der Waals surface area contributed by atoms with E-state index in [0.29, 0.717) is 28.4 Å². The molecule has 0 bridgehead atoms. The first-order chi connectivity index (χ1) is 12.6. The highest BCUT2D eigenvalue weighted by atomic mass is 35.5. The van der Waals surface area contributed by atoms with Crippen LogP contribution < -0.4 is 10.1 Å². The summed E-state index contributed by atoms with van der Waals surface area (Å²) in [5, 5.41) is 7.30. The third-order valence-electron chi connectivity index (χ3n) is 3.77. The van der Waals surface area contributed by atoms with Gasteiger partial charge in [0.1, 0.15) is 18.3 Å². The second-order valence-electron chi connectivity index (χ2n) is 5.49. The molecule has 0 unspecified atom stereocenters. The summed E-state index contributed by atoms with van der Waals surface area (Å²) >= 11 is 6.23. The summed E-state index contributed by atoms with van der Waals surface area (Å²) in [6, 6.07) is 9.81. The number of amides is 1. The monoisotopic (exact) mass is 374 g/mol. The molecule has 3 aromatic rings. The van der Waals surface area contributed by atoms with Gasteiger partial charge in [-0.1, -0.05) is 23.7 Å². The number of ether oxygens (including phenoxy) is 1. The molecule has 0 aliphatic rings. The lowest BCUT2D eigenvalue weighted by Gasteiger charge is -2.12. The number of aromatic nitrogens is 3. The first-order valence-electron chi connectivity index (χ1n) is 7.84. The minimum Gasteiger partial charge on any atom is -0.494 e.